The molecule has 5 rings (SSSR count). The van der Waals surface area contributed by atoms with Gasteiger partial charge in [0.25, 0.3) is 0 Å². The van der Waals surface area contributed by atoms with Gasteiger partial charge in [-0.3, -0.25) is 9.59 Å². The summed E-state index contributed by atoms with van der Waals surface area (Å²) in [4.78, 5) is 24.6. The maximum Gasteiger partial charge on any atom is 0.309 e. The summed E-state index contributed by atoms with van der Waals surface area (Å²) in [7, 11) is 0. The van der Waals surface area contributed by atoms with Crippen LogP contribution in [0.5, 0.6) is 0 Å². The summed E-state index contributed by atoms with van der Waals surface area (Å²) < 4.78 is 11.8. The van der Waals surface area contributed by atoms with Crippen LogP contribution in [0.4, 0.5) is 0 Å². The first-order valence-corrected chi connectivity index (χ1v) is 16.9. The van der Waals surface area contributed by atoms with Crippen molar-refractivity contribution in [3.05, 3.63) is 0 Å². The normalized spacial score (nSPS) is 44.1. The minimum atomic E-state index is -1.12. The van der Waals surface area contributed by atoms with E-state index in [4.69, 9.17) is 14.7 Å². The number of aliphatic carboxylic acids is 1. The van der Waals surface area contributed by atoms with E-state index in [0.717, 1.165) is 37.7 Å². The van der Waals surface area contributed by atoms with Gasteiger partial charge in [-0.15, -0.1) is 0 Å². The van der Waals surface area contributed by atoms with E-state index in [-0.39, 0.29) is 35.9 Å². The van der Waals surface area contributed by atoms with Crippen molar-refractivity contribution in [3.63, 3.8) is 0 Å². The number of rotatable bonds is 8. The van der Waals surface area contributed by atoms with Crippen LogP contribution in [0.15, 0.2) is 0 Å². The van der Waals surface area contributed by atoms with Crippen molar-refractivity contribution in [3.8, 4) is 6.07 Å². The second-order valence-corrected chi connectivity index (χ2v) is 17.2. The van der Waals surface area contributed by atoms with Gasteiger partial charge in [-0.2, -0.15) is 5.26 Å². The highest BCUT2D eigenvalue weighted by molar-refractivity contribution is 5.81. The molecule has 5 saturated carbocycles. The second-order valence-electron chi connectivity index (χ2n) is 17.2. The molecule has 5 fully saturated rings. The first-order chi connectivity index (χ1) is 19.6. The van der Waals surface area contributed by atoms with E-state index < -0.39 is 11.4 Å². The molecule has 0 spiro atoms. The highest BCUT2D eigenvalue weighted by atomic mass is 16.5. The third-order valence-electron chi connectivity index (χ3n) is 14.8. The lowest BCUT2D eigenvalue weighted by atomic mass is 9.32. The van der Waals surface area contributed by atoms with Crippen molar-refractivity contribution < 1.29 is 24.2 Å². The monoisotopic (exact) mass is 583 g/mol. The molecule has 0 aromatic carbocycles. The van der Waals surface area contributed by atoms with Gasteiger partial charge in [-0.1, -0.05) is 41.0 Å². The molecule has 0 radical (unpaired) electrons. The number of hydrogen-bond acceptors (Lipinski definition) is 5. The third kappa shape index (κ3) is 4.74. The van der Waals surface area contributed by atoms with Crippen molar-refractivity contribution in [2.45, 2.75) is 138 Å². The van der Waals surface area contributed by atoms with Gasteiger partial charge in [0.15, 0.2) is 0 Å². The van der Waals surface area contributed by atoms with Gasteiger partial charge in [0.05, 0.1) is 17.9 Å². The summed E-state index contributed by atoms with van der Waals surface area (Å²) in [6.07, 6.45) is 14.5. The average Bonchev–Trinajstić information content (AvgIpc) is 3.32. The molecular weight excluding hydrogens is 526 g/mol. The average molecular weight is 584 g/mol. The Morgan fingerprint density at radius 2 is 1.62 bits per heavy atom. The smallest absolute Gasteiger partial charge is 0.309 e. The van der Waals surface area contributed by atoms with Crippen LogP contribution in [-0.2, 0) is 19.1 Å². The SMILES string of the molecule is CC(C)(CC(=O)O[C@H]1CC[C@@]2(C)C(CC[C@]3(C)C2CC[C@@H]2[C@H]4CCC[C@]4(CCOCC#N)CC[C@]23C)C1(C)C)C(=O)O. The molecule has 9 atom stereocenters. The van der Waals surface area contributed by atoms with Gasteiger partial charge in [0.1, 0.15) is 12.7 Å². The summed E-state index contributed by atoms with van der Waals surface area (Å²) in [6.45, 7) is 16.7. The van der Waals surface area contributed by atoms with Gasteiger partial charge >= 0.3 is 11.9 Å². The van der Waals surface area contributed by atoms with E-state index >= 15 is 0 Å². The zero-order chi connectivity index (χ0) is 30.8. The Hall–Kier alpha value is -1.61. The Balaban J connectivity index is 1.34. The van der Waals surface area contributed by atoms with Crippen LogP contribution in [0, 0.1) is 67.5 Å². The number of ether oxygens (including phenoxy) is 2. The Morgan fingerprint density at radius 3 is 2.31 bits per heavy atom. The van der Waals surface area contributed by atoms with Crippen LogP contribution in [-0.4, -0.2) is 36.4 Å². The molecule has 1 N–H and O–H groups in total. The van der Waals surface area contributed by atoms with Crippen molar-refractivity contribution in [2.75, 3.05) is 13.2 Å². The summed E-state index contributed by atoms with van der Waals surface area (Å²) >= 11 is 0. The van der Waals surface area contributed by atoms with Gasteiger partial charge < -0.3 is 14.6 Å². The molecule has 0 bridgehead atoms. The zero-order valence-corrected chi connectivity index (χ0v) is 27.5. The maximum absolute atomic E-state index is 12.9. The van der Waals surface area contributed by atoms with Crippen molar-refractivity contribution in [1.82, 2.24) is 0 Å². The molecule has 5 aliphatic rings. The van der Waals surface area contributed by atoms with Crippen LogP contribution < -0.4 is 0 Å². The minimum absolute atomic E-state index is 0.0929. The number of carboxylic acid groups (broad SMARTS) is 1. The number of nitrogens with zero attached hydrogens (tertiary/aromatic N) is 1. The first-order valence-electron chi connectivity index (χ1n) is 16.9. The van der Waals surface area contributed by atoms with Gasteiger partial charge in [0.2, 0.25) is 0 Å². The van der Waals surface area contributed by atoms with Crippen LogP contribution in [0.25, 0.3) is 0 Å². The number of hydrogen-bond donors (Lipinski definition) is 1. The van der Waals surface area contributed by atoms with E-state index in [1.165, 1.54) is 57.8 Å². The van der Waals surface area contributed by atoms with Gasteiger partial charge in [-0.25, -0.2) is 0 Å². The quantitative estimate of drug-likeness (QED) is 0.229. The lowest BCUT2D eigenvalue weighted by Crippen LogP contribution is -2.66. The molecule has 0 saturated heterocycles. The number of carbonyl (C=O) groups is 2. The highest BCUT2D eigenvalue weighted by Gasteiger charge is 2.70. The third-order valence-corrected chi connectivity index (χ3v) is 14.8. The molecule has 6 nitrogen and oxygen atoms in total. The van der Waals surface area contributed by atoms with E-state index in [9.17, 15) is 14.7 Å². The predicted octanol–water partition coefficient (Wildman–Crippen LogP) is 8.18. The number of carboxylic acids is 1. The summed E-state index contributed by atoms with van der Waals surface area (Å²) in [6, 6.07) is 2.14. The molecule has 0 aromatic heterocycles. The molecular formula is C36H57NO5. The Morgan fingerprint density at radius 1 is 0.881 bits per heavy atom. The van der Waals surface area contributed by atoms with E-state index in [1.54, 1.807) is 13.8 Å². The molecule has 0 amide bonds. The van der Waals surface area contributed by atoms with Crippen LogP contribution in [0.1, 0.15) is 132 Å². The zero-order valence-electron chi connectivity index (χ0n) is 27.5. The number of nitriles is 1. The minimum Gasteiger partial charge on any atom is -0.481 e. The van der Waals surface area contributed by atoms with Crippen LogP contribution in [0.3, 0.4) is 0 Å². The van der Waals surface area contributed by atoms with Crippen molar-refractivity contribution in [2.24, 2.45) is 56.2 Å². The Bertz CT molecular complexity index is 1110. The fourth-order valence-corrected chi connectivity index (χ4v) is 12.4. The molecule has 5 aliphatic carbocycles. The fourth-order valence-electron chi connectivity index (χ4n) is 12.4. The highest BCUT2D eigenvalue weighted by Crippen LogP contribution is 2.77. The summed E-state index contributed by atoms with van der Waals surface area (Å²) in [5.41, 5.74) is -0.00629. The van der Waals surface area contributed by atoms with E-state index in [0.29, 0.717) is 28.1 Å². The lowest BCUT2D eigenvalue weighted by molar-refractivity contribution is -0.249. The lowest BCUT2D eigenvalue weighted by Gasteiger charge is -2.72. The maximum atomic E-state index is 12.9. The molecule has 0 aliphatic heterocycles. The van der Waals surface area contributed by atoms with Gasteiger partial charge in [0, 0.05) is 12.0 Å². The second kappa shape index (κ2) is 10.8. The molecule has 0 heterocycles. The summed E-state index contributed by atoms with van der Waals surface area (Å²) in [5.74, 6) is 1.36. The first kappa shape index (κ1) is 31.8. The molecule has 2 unspecified atom stereocenters. The number of esters is 1. The van der Waals surface area contributed by atoms with E-state index in [1.807, 2.05) is 0 Å². The van der Waals surface area contributed by atoms with Crippen molar-refractivity contribution >= 4 is 11.9 Å². The number of fused-ring (bicyclic) bond motifs is 7. The topological polar surface area (TPSA) is 96.6 Å². The van der Waals surface area contributed by atoms with E-state index in [2.05, 4.69) is 40.7 Å². The summed E-state index contributed by atoms with van der Waals surface area (Å²) in [5, 5.41) is 18.5. The molecule has 6 heteroatoms. The Kier molecular flexibility index (Phi) is 8.16. The molecule has 42 heavy (non-hydrogen) atoms. The molecule has 0 aromatic rings. The van der Waals surface area contributed by atoms with Crippen LogP contribution >= 0.6 is 0 Å². The number of carbonyl (C=O) groups excluding carboxylic acids is 1. The van der Waals surface area contributed by atoms with Crippen molar-refractivity contribution in [1.29, 1.82) is 5.26 Å². The fraction of sp³-hybridized carbons (Fsp3) is 0.917. The predicted molar refractivity (Wildman–Crippen MR) is 162 cm³/mol. The largest absolute Gasteiger partial charge is 0.481 e. The Labute approximate surface area is 254 Å². The van der Waals surface area contributed by atoms with Gasteiger partial charge in [-0.05, 0) is 130 Å². The standard InChI is InChI=1S/C36H57NO5/c1-31(2,30(39)40)23-29(38)42-28-13-15-33(5)26(32(28,3)4)12-16-35(7)27(33)11-10-24-25-9-8-14-36(25,18-17-34(24,35)6)19-21-41-22-20-37/h24-28H,8-19,21-23H2,1-7H3,(H,39,40)/t24-,25-,26?,27?,28+,33+,34-,35-,36-/m1/s1. The molecule has 236 valence electrons. The van der Waals surface area contributed by atoms with Crippen LogP contribution in [0.2, 0.25) is 0 Å².